The Morgan fingerprint density at radius 1 is 0.625 bits per heavy atom. The summed E-state index contributed by atoms with van der Waals surface area (Å²) >= 11 is 55.3. The number of hydrogen-bond acceptors (Lipinski definition) is 0. The van der Waals surface area contributed by atoms with Crippen LogP contribution in [0.2, 0.25) is 0 Å². The number of alkyl halides is 11. The van der Waals surface area contributed by atoms with Gasteiger partial charge in [0.2, 0.25) is 7.59 Å². The van der Waals surface area contributed by atoms with Crippen molar-refractivity contribution < 1.29 is 0 Å². The van der Waals surface area contributed by atoms with Gasteiger partial charge in [0.15, 0.2) is 4.30 Å². The zero-order valence-electron chi connectivity index (χ0n) is 7.15. The van der Waals surface area contributed by atoms with Crippen LogP contribution in [0, 0.1) is 0 Å². The minimum absolute atomic E-state index is 0.0394. The molecule has 0 aromatic rings. The summed E-state index contributed by atoms with van der Waals surface area (Å²) in [6, 6.07) is 0. The molecule has 0 bridgehead atoms. The molecule has 0 heterocycles. The highest BCUT2D eigenvalue weighted by Crippen LogP contribution is 2.27. The van der Waals surface area contributed by atoms with Gasteiger partial charge in [-0.15, -0.1) is 23.2 Å². The van der Waals surface area contributed by atoms with Crippen LogP contribution in [0.5, 0.6) is 0 Å². The lowest BCUT2D eigenvalue weighted by Gasteiger charge is -2.00. The fraction of sp³-hybridized carbons (Fsp3) is 1.00. The highest BCUT2D eigenvalue weighted by molar-refractivity contribution is 6.70. The molecule has 0 atom stereocenters. The maximum atomic E-state index is 5.12. The Morgan fingerprint density at radius 2 is 0.688 bits per heavy atom. The summed E-state index contributed by atoms with van der Waals surface area (Å²) in [4.78, 5) is 0. The molecule has 0 aliphatic carbocycles. The van der Waals surface area contributed by atoms with Gasteiger partial charge >= 0.3 is 0 Å². The standard InChI is InChI=1S/2C2H2Cl4.CHCl3/c2*3-1-2(4,5)6;2-1(3)4/h2*1H2;1H. The molecule has 0 aliphatic heterocycles. The molecule has 0 rings (SSSR count). The molecule has 0 nitrogen and oxygen atoms in total. The van der Waals surface area contributed by atoms with Crippen molar-refractivity contribution in [1.29, 1.82) is 0 Å². The molecule has 0 spiro atoms. The third-order valence-electron chi connectivity index (χ3n) is 0.303. The first-order valence-corrected chi connectivity index (χ1v) is 7.68. The van der Waals surface area contributed by atoms with Crippen LogP contribution in [-0.4, -0.2) is 23.6 Å². The molecule has 0 fully saturated rings. The van der Waals surface area contributed by atoms with Gasteiger partial charge in [-0.1, -0.05) is 104 Å². The van der Waals surface area contributed by atoms with Crippen LogP contribution in [0.25, 0.3) is 0 Å². The van der Waals surface area contributed by atoms with Crippen LogP contribution in [0.3, 0.4) is 0 Å². The molecule has 0 N–H and O–H groups in total. The van der Waals surface area contributed by atoms with E-state index in [2.05, 4.69) is 0 Å². The van der Waals surface area contributed by atoms with Gasteiger partial charge < -0.3 is 0 Å². The normalized spacial score (nSPS) is 11.2. The predicted octanol–water partition coefficient (Wildman–Crippen LogP) is 7.18. The Morgan fingerprint density at radius 3 is 0.688 bits per heavy atom. The zero-order chi connectivity index (χ0) is 14.0. The molecule has 0 saturated heterocycles. The fourth-order valence-electron chi connectivity index (χ4n) is 0. The third-order valence-corrected chi connectivity index (χ3v) is 2.73. The smallest absolute Gasteiger partial charge is 0.122 e. The second-order valence-electron chi connectivity index (χ2n) is 1.75. The largest absolute Gasteiger partial charge is 0.203 e. The minimum Gasteiger partial charge on any atom is -0.122 e. The van der Waals surface area contributed by atoms with E-state index in [9.17, 15) is 0 Å². The molecular formula is C5H5Cl11. The Hall–Kier alpha value is 3.19. The van der Waals surface area contributed by atoms with E-state index >= 15 is 0 Å². The summed E-state index contributed by atoms with van der Waals surface area (Å²) in [5.74, 6) is 0.0787. The third kappa shape index (κ3) is 53.4. The van der Waals surface area contributed by atoms with Crippen molar-refractivity contribution >= 4 is 128 Å². The van der Waals surface area contributed by atoms with Gasteiger partial charge in [0.1, 0.15) is 0 Å². The number of hydrogen-bond donors (Lipinski definition) is 0. The summed E-state index contributed by atoms with van der Waals surface area (Å²) in [7, 11) is 0. The van der Waals surface area contributed by atoms with E-state index in [1.165, 1.54) is 0 Å². The maximum absolute atomic E-state index is 5.12. The van der Waals surface area contributed by atoms with Crippen LogP contribution in [-0.2, 0) is 0 Å². The van der Waals surface area contributed by atoms with Crippen LogP contribution in [0.15, 0.2) is 0 Å². The van der Waals surface area contributed by atoms with E-state index in [0.717, 1.165) is 0 Å². The SMILES string of the molecule is ClC(Cl)Cl.ClCC(Cl)(Cl)Cl.ClCC(Cl)(Cl)Cl. The zero-order valence-corrected chi connectivity index (χ0v) is 15.5. The molecule has 0 amide bonds. The molecule has 0 saturated carbocycles. The molecule has 0 unspecified atom stereocenters. The monoisotopic (exact) mass is 450 g/mol. The first kappa shape index (κ1) is 24.2. The Bertz CT molecular complexity index is 116. The highest BCUT2D eigenvalue weighted by Gasteiger charge is 2.16. The summed E-state index contributed by atoms with van der Waals surface area (Å²) < 4.78 is -3.30. The summed E-state index contributed by atoms with van der Waals surface area (Å²) in [6.45, 7) is 0. The molecule has 0 aliphatic rings. The molecule has 102 valence electrons. The summed E-state index contributed by atoms with van der Waals surface area (Å²) in [5.41, 5.74) is 0. The molecule has 0 aromatic heterocycles. The van der Waals surface area contributed by atoms with Gasteiger partial charge in [-0.05, 0) is 0 Å². The Balaban J connectivity index is -0.000000162. The van der Waals surface area contributed by atoms with Crippen molar-refractivity contribution in [3.05, 3.63) is 0 Å². The van der Waals surface area contributed by atoms with Crippen molar-refractivity contribution in [2.75, 3.05) is 11.8 Å². The van der Waals surface area contributed by atoms with Crippen molar-refractivity contribution in [3.8, 4) is 0 Å². The molecule has 0 aromatic carbocycles. The fourth-order valence-corrected chi connectivity index (χ4v) is 0. The van der Waals surface area contributed by atoms with Crippen molar-refractivity contribution in [2.45, 2.75) is 11.9 Å². The Kier molecular flexibility index (Phi) is 20.0. The van der Waals surface area contributed by atoms with E-state index < -0.39 is 11.9 Å². The first-order valence-electron chi connectivity index (χ1n) is 3.03. The lowest BCUT2D eigenvalue weighted by molar-refractivity contribution is 1.28. The molecule has 16 heavy (non-hydrogen) atoms. The van der Waals surface area contributed by atoms with E-state index in [0.29, 0.717) is 0 Å². The lowest BCUT2D eigenvalue weighted by atomic mass is 10.9. The maximum Gasteiger partial charge on any atom is 0.203 e. The van der Waals surface area contributed by atoms with Crippen molar-refractivity contribution in [2.24, 2.45) is 0 Å². The van der Waals surface area contributed by atoms with Gasteiger partial charge in [-0.25, -0.2) is 0 Å². The quantitative estimate of drug-likeness (QED) is 0.340. The molecule has 11 heteroatoms. The van der Waals surface area contributed by atoms with Crippen LogP contribution in [0.4, 0.5) is 0 Å². The van der Waals surface area contributed by atoms with Crippen LogP contribution < -0.4 is 0 Å². The lowest BCUT2D eigenvalue weighted by Crippen LogP contribution is -2.01. The van der Waals surface area contributed by atoms with E-state index in [4.69, 9.17) is 128 Å². The summed E-state index contributed by atoms with van der Waals surface area (Å²) in [5, 5.41) is 0. The van der Waals surface area contributed by atoms with Gasteiger partial charge in [-0.2, -0.15) is 0 Å². The topological polar surface area (TPSA) is 0 Å². The molecule has 0 radical (unpaired) electrons. The highest BCUT2D eigenvalue weighted by atomic mass is 35.6. The van der Waals surface area contributed by atoms with Gasteiger partial charge in [0.05, 0.1) is 11.8 Å². The van der Waals surface area contributed by atoms with Crippen LogP contribution in [0.1, 0.15) is 0 Å². The number of rotatable bonds is 0. The minimum atomic E-state index is -1.28. The van der Waals surface area contributed by atoms with Crippen LogP contribution >= 0.6 is 128 Å². The average Bonchev–Trinajstić information content (AvgIpc) is 2.02. The molecular weight excluding hydrogens is 450 g/mol. The second-order valence-corrected chi connectivity index (χ2v) is 9.29. The van der Waals surface area contributed by atoms with Gasteiger partial charge in [0.25, 0.3) is 0 Å². The van der Waals surface area contributed by atoms with E-state index in [1.807, 2.05) is 0 Å². The van der Waals surface area contributed by atoms with E-state index in [1.54, 1.807) is 0 Å². The van der Waals surface area contributed by atoms with E-state index in [-0.39, 0.29) is 11.8 Å². The first-order chi connectivity index (χ1) is 6.85. The summed E-state index contributed by atoms with van der Waals surface area (Å²) in [6.07, 6.45) is 0. The van der Waals surface area contributed by atoms with Crippen molar-refractivity contribution in [3.63, 3.8) is 0 Å². The average molecular weight is 455 g/mol. The second kappa shape index (κ2) is 13.2. The van der Waals surface area contributed by atoms with Gasteiger partial charge in [0, 0.05) is 0 Å². The Labute approximate surface area is 150 Å². The predicted molar refractivity (Wildman–Crippen MR) is 83.4 cm³/mol. The van der Waals surface area contributed by atoms with Gasteiger partial charge in [-0.3, -0.25) is 0 Å². The number of halogens is 11. The van der Waals surface area contributed by atoms with Crippen molar-refractivity contribution in [1.82, 2.24) is 0 Å².